The van der Waals surface area contributed by atoms with Crippen LogP contribution in [0.3, 0.4) is 0 Å². The van der Waals surface area contributed by atoms with Gasteiger partial charge in [0.05, 0.1) is 12.7 Å². The van der Waals surface area contributed by atoms with Crippen molar-refractivity contribution in [1.29, 1.82) is 0 Å². The summed E-state index contributed by atoms with van der Waals surface area (Å²) >= 11 is 0. The van der Waals surface area contributed by atoms with Gasteiger partial charge in [0.2, 0.25) is 0 Å². The molecule has 2 aromatic rings. The van der Waals surface area contributed by atoms with Crippen molar-refractivity contribution in [2.45, 2.75) is 38.5 Å². The molecule has 30 heavy (non-hydrogen) atoms. The van der Waals surface area contributed by atoms with Gasteiger partial charge in [0.25, 0.3) is 0 Å². The third-order valence-electron chi connectivity index (χ3n) is 4.97. The Morgan fingerprint density at radius 2 is 1.87 bits per heavy atom. The van der Waals surface area contributed by atoms with Gasteiger partial charge in [-0.25, -0.2) is 4.39 Å². The second kappa shape index (κ2) is 13.6. The van der Waals surface area contributed by atoms with Gasteiger partial charge in [0.1, 0.15) is 5.82 Å². The van der Waals surface area contributed by atoms with E-state index in [2.05, 4.69) is 33.8 Å². The quantitative estimate of drug-likeness (QED) is 0.309. The van der Waals surface area contributed by atoms with Gasteiger partial charge in [-0.1, -0.05) is 42.5 Å². The SMILES string of the molecule is CN=C(NCCc1ccccc1F)NCc1cccc(COC2CCOCC2)c1.I. The summed E-state index contributed by atoms with van der Waals surface area (Å²) in [4.78, 5) is 4.24. The summed E-state index contributed by atoms with van der Waals surface area (Å²) in [6, 6.07) is 15.2. The van der Waals surface area contributed by atoms with Crippen molar-refractivity contribution in [2.24, 2.45) is 4.99 Å². The standard InChI is InChI=1S/C23H30FN3O2.HI/c1-25-23(26-12-9-20-7-2-3-8-22(20)24)27-16-18-5-4-6-19(15-18)17-29-21-10-13-28-14-11-21;/h2-8,15,21H,9-14,16-17H2,1H3,(H2,25,26,27);1H. The van der Waals surface area contributed by atoms with Crippen molar-refractivity contribution in [1.82, 2.24) is 10.6 Å². The van der Waals surface area contributed by atoms with Crippen molar-refractivity contribution < 1.29 is 13.9 Å². The highest BCUT2D eigenvalue weighted by molar-refractivity contribution is 14.0. The largest absolute Gasteiger partial charge is 0.381 e. The molecule has 0 amide bonds. The van der Waals surface area contributed by atoms with E-state index in [0.717, 1.165) is 31.6 Å². The van der Waals surface area contributed by atoms with Crippen LogP contribution < -0.4 is 10.6 Å². The molecule has 7 heteroatoms. The second-order valence-corrected chi connectivity index (χ2v) is 7.14. The lowest BCUT2D eigenvalue weighted by atomic mass is 10.1. The lowest BCUT2D eigenvalue weighted by molar-refractivity contribution is -0.0390. The third kappa shape index (κ3) is 8.20. The smallest absolute Gasteiger partial charge is 0.191 e. The maximum Gasteiger partial charge on any atom is 0.191 e. The first-order valence-electron chi connectivity index (χ1n) is 10.2. The van der Waals surface area contributed by atoms with Crippen molar-refractivity contribution in [3.8, 4) is 0 Å². The number of benzene rings is 2. The van der Waals surface area contributed by atoms with Gasteiger partial charge in [-0.2, -0.15) is 0 Å². The van der Waals surface area contributed by atoms with Crippen LogP contribution in [-0.4, -0.2) is 38.9 Å². The van der Waals surface area contributed by atoms with E-state index in [1.54, 1.807) is 19.2 Å². The van der Waals surface area contributed by atoms with Crippen LogP contribution in [0, 0.1) is 5.82 Å². The summed E-state index contributed by atoms with van der Waals surface area (Å²) in [5.74, 6) is 0.530. The summed E-state index contributed by atoms with van der Waals surface area (Å²) in [5, 5.41) is 6.54. The molecule has 1 heterocycles. The molecule has 1 fully saturated rings. The zero-order valence-electron chi connectivity index (χ0n) is 17.4. The van der Waals surface area contributed by atoms with Gasteiger partial charge in [-0.15, -0.1) is 24.0 Å². The molecule has 164 valence electrons. The number of hydrogen-bond donors (Lipinski definition) is 2. The Morgan fingerprint density at radius 1 is 1.10 bits per heavy atom. The van der Waals surface area contributed by atoms with E-state index >= 15 is 0 Å². The molecule has 0 radical (unpaired) electrons. The lowest BCUT2D eigenvalue weighted by Crippen LogP contribution is -2.37. The predicted molar refractivity (Wildman–Crippen MR) is 129 cm³/mol. The molecule has 0 aliphatic carbocycles. The fraction of sp³-hybridized carbons (Fsp3) is 0.435. The zero-order chi connectivity index (χ0) is 20.3. The second-order valence-electron chi connectivity index (χ2n) is 7.14. The fourth-order valence-electron chi connectivity index (χ4n) is 3.31. The Hall–Kier alpha value is -1.71. The summed E-state index contributed by atoms with van der Waals surface area (Å²) in [5.41, 5.74) is 3.03. The van der Waals surface area contributed by atoms with E-state index in [1.807, 2.05) is 12.1 Å². The van der Waals surface area contributed by atoms with Gasteiger partial charge in [0.15, 0.2) is 5.96 Å². The number of aliphatic imine (C=N–C) groups is 1. The number of hydrogen-bond acceptors (Lipinski definition) is 3. The third-order valence-corrected chi connectivity index (χ3v) is 4.97. The van der Waals surface area contributed by atoms with Gasteiger partial charge in [0, 0.05) is 33.4 Å². The molecular weight excluding hydrogens is 496 g/mol. The molecular formula is C23H31FIN3O2. The lowest BCUT2D eigenvalue weighted by Gasteiger charge is -2.22. The first kappa shape index (κ1) is 24.6. The fourth-order valence-corrected chi connectivity index (χ4v) is 3.31. The maximum atomic E-state index is 13.7. The first-order chi connectivity index (χ1) is 14.2. The molecule has 0 saturated carbocycles. The van der Waals surface area contributed by atoms with Crippen LogP contribution in [0.4, 0.5) is 4.39 Å². The van der Waals surface area contributed by atoms with E-state index in [1.165, 1.54) is 11.6 Å². The molecule has 0 unspecified atom stereocenters. The highest BCUT2D eigenvalue weighted by atomic mass is 127. The van der Waals surface area contributed by atoms with Crippen molar-refractivity contribution in [2.75, 3.05) is 26.8 Å². The molecule has 1 saturated heterocycles. The van der Waals surface area contributed by atoms with Gasteiger partial charge in [-0.05, 0) is 42.0 Å². The molecule has 3 rings (SSSR count). The van der Waals surface area contributed by atoms with Crippen LogP contribution in [0.1, 0.15) is 29.5 Å². The molecule has 2 aromatic carbocycles. The van der Waals surface area contributed by atoms with Gasteiger partial charge in [-0.3, -0.25) is 4.99 Å². The average molecular weight is 527 g/mol. The summed E-state index contributed by atoms with van der Waals surface area (Å²) < 4.78 is 25.1. The Bertz CT molecular complexity index is 798. The number of guanidine groups is 1. The molecule has 0 bridgehead atoms. The minimum atomic E-state index is -0.169. The molecule has 1 aliphatic rings. The Kier molecular flexibility index (Phi) is 11.1. The number of nitrogens with zero attached hydrogens (tertiary/aromatic N) is 1. The molecule has 1 aliphatic heterocycles. The molecule has 5 nitrogen and oxygen atoms in total. The van der Waals surface area contributed by atoms with Crippen molar-refractivity contribution in [3.05, 3.63) is 71.0 Å². The van der Waals surface area contributed by atoms with E-state index in [0.29, 0.717) is 43.7 Å². The van der Waals surface area contributed by atoms with Crippen LogP contribution in [0.15, 0.2) is 53.5 Å². The Balaban J connectivity index is 0.00000320. The Labute approximate surface area is 195 Å². The highest BCUT2D eigenvalue weighted by Crippen LogP contribution is 2.14. The maximum absolute atomic E-state index is 13.7. The van der Waals surface area contributed by atoms with Crippen molar-refractivity contribution >= 4 is 29.9 Å². The highest BCUT2D eigenvalue weighted by Gasteiger charge is 2.14. The normalized spacial score (nSPS) is 14.8. The topological polar surface area (TPSA) is 54.9 Å². The number of ether oxygens (including phenoxy) is 2. The van der Waals surface area contributed by atoms with Crippen LogP contribution >= 0.6 is 24.0 Å². The van der Waals surface area contributed by atoms with E-state index in [4.69, 9.17) is 9.47 Å². The van der Waals surface area contributed by atoms with Crippen LogP contribution in [0.25, 0.3) is 0 Å². The van der Waals surface area contributed by atoms with Crippen molar-refractivity contribution in [3.63, 3.8) is 0 Å². The monoisotopic (exact) mass is 527 g/mol. The minimum absolute atomic E-state index is 0. The summed E-state index contributed by atoms with van der Waals surface area (Å²) in [6.45, 7) is 3.47. The molecule has 0 spiro atoms. The van der Waals surface area contributed by atoms with Crippen LogP contribution in [0.2, 0.25) is 0 Å². The number of nitrogens with one attached hydrogen (secondary N) is 2. The van der Waals surface area contributed by atoms with Crippen LogP contribution in [0.5, 0.6) is 0 Å². The van der Waals surface area contributed by atoms with E-state index < -0.39 is 0 Å². The predicted octanol–water partition coefficient (Wildman–Crippen LogP) is 4.05. The molecule has 2 N–H and O–H groups in total. The first-order valence-corrected chi connectivity index (χ1v) is 10.2. The number of rotatable bonds is 8. The molecule has 0 aromatic heterocycles. The average Bonchev–Trinajstić information content (AvgIpc) is 2.77. The minimum Gasteiger partial charge on any atom is -0.381 e. The van der Waals surface area contributed by atoms with Gasteiger partial charge >= 0.3 is 0 Å². The molecule has 0 atom stereocenters. The van der Waals surface area contributed by atoms with Gasteiger partial charge < -0.3 is 20.1 Å². The Morgan fingerprint density at radius 3 is 2.63 bits per heavy atom. The number of halogens is 2. The zero-order valence-corrected chi connectivity index (χ0v) is 19.7. The summed E-state index contributed by atoms with van der Waals surface area (Å²) in [7, 11) is 1.73. The van der Waals surface area contributed by atoms with E-state index in [9.17, 15) is 4.39 Å². The summed E-state index contributed by atoms with van der Waals surface area (Å²) in [6.07, 6.45) is 2.83. The van der Waals surface area contributed by atoms with E-state index in [-0.39, 0.29) is 29.8 Å². The van der Waals surface area contributed by atoms with Crippen LogP contribution in [-0.2, 0) is 29.0 Å².